The van der Waals surface area contributed by atoms with Crippen molar-refractivity contribution < 1.29 is 0 Å². The van der Waals surface area contributed by atoms with Crippen LogP contribution in [-0.4, -0.2) is 47.1 Å². The summed E-state index contributed by atoms with van der Waals surface area (Å²) in [5.41, 5.74) is 6.16. The fourth-order valence-electron chi connectivity index (χ4n) is 5.33. The first-order valence-corrected chi connectivity index (χ1v) is 11.4. The molecule has 0 N–H and O–H groups in total. The molecule has 1 aliphatic rings. The van der Waals surface area contributed by atoms with Gasteiger partial charge in [0.05, 0.1) is 0 Å². The standard InChI is InChI=1S/C25H21B6Br/c1-23(2)12-7-10(15(32)9-13(12)24(3,4)25(23,5)6)16-11-8-14(26)18(27)20(29)17(11)21(30)22(31)19(16)28/h7-9H,1-6H3. The predicted octanol–water partition coefficient (Wildman–Crippen LogP) is 0.627. The fourth-order valence-corrected chi connectivity index (χ4v) is 5.87. The largest absolute Gasteiger partial charge is 0.113 e. The Hall–Kier alpha value is -1.21. The maximum Gasteiger partial charge on any atom is 0.113 e. The summed E-state index contributed by atoms with van der Waals surface area (Å²) in [6, 6.07) is 6.21. The minimum atomic E-state index is -0.0757. The highest BCUT2D eigenvalue weighted by atomic mass is 79.9. The third kappa shape index (κ3) is 2.82. The van der Waals surface area contributed by atoms with Gasteiger partial charge in [0.15, 0.2) is 0 Å². The van der Waals surface area contributed by atoms with E-state index in [0.717, 1.165) is 21.0 Å². The lowest BCUT2D eigenvalue weighted by Crippen LogP contribution is -2.47. The first-order valence-electron chi connectivity index (χ1n) is 10.7. The molecule has 12 radical (unpaired) electrons. The van der Waals surface area contributed by atoms with Gasteiger partial charge in [-0.3, -0.25) is 0 Å². The predicted molar refractivity (Wildman–Crippen MR) is 149 cm³/mol. The molecule has 0 fully saturated rings. The van der Waals surface area contributed by atoms with E-state index >= 15 is 0 Å². The zero-order valence-corrected chi connectivity index (χ0v) is 21.2. The van der Waals surface area contributed by atoms with Crippen LogP contribution in [0.5, 0.6) is 0 Å². The molecule has 0 saturated carbocycles. The van der Waals surface area contributed by atoms with Crippen LogP contribution in [-0.2, 0) is 10.8 Å². The summed E-state index contributed by atoms with van der Waals surface area (Å²) in [6.07, 6.45) is 0. The molecule has 7 heteroatoms. The molecule has 0 spiro atoms. The lowest BCUT2D eigenvalue weighted by molar-refractivity contribution is 0.125. The van der Waals surface area contributed by atoms with Crippen molar-refractivity contribution in [2.24, 2.45) is 5.41 Å². The molecule has 0 bridgehead atoms. The molecular formula is C25H21B6Br. The second-order valence-electron chi connectivity index (χ2n) is 10.6. The zero-order valence-electron chi connectivity index (χ0n) is 19.6. The van der Waals surface area contributed by atoms with Crippen LogP contribution in [0, 0.1) is 5.41 Å². The Labute approximate surface area is 208 Å². The van der Waals surface area contributed by atoms with Crippen molar-refractivity contribution in [3.05, 3.63) is 33.8 Å². The topological polar surface area (TPSA) is 0 Å². The highest BCUT2D eigenvalue weighted by molar-refractivity contribution is 9.10. The fraction of sp³-hybridized carbons (Fsp3) is 0.360. The van der Waals surface area contributed by atoms with E-state index in [-0.39, 0.29) is 27.2 Å². The number of hydrogen-bond donors (Lipinski definition) is 0. The zero-order chi connectivity index (χ0) is 24.1. The molecule has 0 amide bonds. The van der Waals surface area contributed by atoms with E-state index in [1.165, 1.54) is 11.1 Å². The van der Waals surface area contributed by atoms with Crippen molar-refractivity contribution in [2.45, 2.75) is 52.4 Å². The van der Waals surface area contributed by atoms with Gasteiger partial charge in [-0.2, -0.15) is 0 Å². The van der Waals surface area contributed by atoms with Crippen molar-refractivity contribution in [1.82, 2.24) is 0 Å². The Kier molecular flexibility index (Phi) is 5.34. The summed E-state index contributed by atoms with van der Waals surface area (Å²) in [5.74, 6) is 0. The first-order chi connectivity index (χ1) is 14.6. The van der Waals surface area contributed by atoms with Crippen LogP contribution in [0.2, 0.25) is 0 Å². The Balaban J connectivity index is 2.18. The summed E-state index contributed by atoms with van der Waals surface area (Å²) in [6.45, 7) is 13.9. The average Bonchev–Trinajstić information content (AvgIpc) is 2.79. The van der Waals surface area contributed by atoms with Crippen molar-refractivity contribution in [3.8, 4) is 11.1 Å². The van der Waals surface area contributed by atoms with E-state index in [0.29, 0.717) is 27.2 Å². The van der Waals surface area contributed by atoms with E-state index in [1.54, 1.807) is 6.07 Å². The van der Waals surface area contributed by atoms with Crippen molar-refractivity contribution in [1.29, 1.82) is 0 Å². The Bertz CT molecular complexity index is 1310. The Morgan fingerprint density at radius 3 is 1.69 bits per heavy atom. The summed E-state index contributed by atoms with van der Waals surface area (Å²) in [4.78, 5) is 0. The molecule has 0 unspecified atom stereocenters. The number of halogens is 1. The van der Waals surface area contributed by atoms with E-state index < -0.39 is 0 Å². The van der Waals surface area contributed by atoms with Gasteiger partial charge in [0.1, 0.15) is 47.1 Å². The van der Waals surface area contributed by atoms with Crippen molar-refractivity contribution >= 4 is 107 Å². The minimum Gasteiger partial charge on any atom is -0.110 e. The summed E-state index contributed by atoms with van der Waals surface area (Å²) >= 11 is 3.81. The van der Waals surface area contributed by atoms with Crippen LogP contribution < -0.4 is 32.8 Å². The van der Waals surface area contributed by atoms with Crippen LogP contribution >= 0.6 is 15.9 Å². The molecule has 0 aromatic heterocycles. The molecule has 3 aromatic carbocycles. The molecule has 0 heterocycles. The van der Waals surface area contributed by atoms with Crippen molar-refractivity contribution in [3.63, 3.8) is 0 Å². The van der Waals surface area contributed by atoms with Crippen LogP contribution in [0.25, 0.3) is 21.9 Å². The molecular weight excluding hydrogens is 445 g/mol. The van der Waals surface area contributed by atoms with Gasteiger partial charge >= 0.3 is 0 Å². The maximum atomic E-state index is 6.57. The average molecular weight is 466 g/mol. The molecule has 0 atom stereocenters. The van der Waals surface area contributed by atoms with Gasteiger partial charge in [0.25, 0.3) is 0 Å². The number of benzene rings is 3. The second-order valence-corrected chi connectivity index (χ2v) is 11.4. The molecule has 4 rings (SSSR count). The molecule has 0 saturated heterocycles. The quantitative estimate of drug-likeness (QED) is 0.462. The Morgan fingerprint density at radius 2 is 1.12 bits per heavy atom. The van der Waals surface area contributed by atoms with Gasteiger partial charge in [0.2, 0.25) is 0 Å². The molecule has 3 aromatic rings. The van der Waals surface area contributed by atoms with Crippen LogP contribution in [0.4, 0.5) is 0 Å². The third-order valence-electron chi connectivity index (χ3n) is 8.68. The molecule has 146 valence electrons. The smallest absolute Gasteiger partial charge is 0.110 e. The highest BCUT2D eigenvalue weighted by Gasteiger charge is 2.56. The van der Waals surface area contributed by atoms with Gasteiger partial charge in [-0.1, -0.05) is 79.9 Å². The minimum absolute atomic E-state index is 0.0239. The van der Waals surface area contributed by atoms with E-state index in [9.17, 15) is 0 Å². The van der Waals surface area contributed by atoms with Gasteiger partial charge in [0, 0.05) is 4.47 Å². The van der Waals surface area contributed by atoms with Crippen molar-refractivity contribution in [2.75, 3.05) is 0 Å². The molecule has 32 heavy (non-hydrogen) atoms. The van der Waals surface area contributed by atoms with Gasteiger partial charge in [-0.05, 0) is 61.4 Å². The summed E-state index contributed by atoms with van der Waals surface area (Å²) in [5, 5.41) is 1.30. The lowest BCUT2D eigenvalue weighted by Gasteiger charge is -2.44. The van der Waals surface area contributed by atoms with E-state index in [1.807, 2.05) is 0 Å². The van der Waals surface area contributed by atoms with E-state index in [2.05, 4.69) is 69.6 Å². The highest BCUT2D eigenvalue weighted by Crippen LogP contribution is 2.62. The van der Waals surface area contributed by atoms with Gasteiger partial charge in [-0.15, -0.1) is 16.4 Å². The Morgan fingerprint density at radius 1 is 0.625 bits per heavy atom. The summed E-state index contributed by atoms with van der Waals surface area (Å²) < 4.78 is 0.920. The summed E-state index contributed by atoms with van der Waals surface area (Å²) in [7, 11) is 37.9. The number of fused-ring (bicyclic) bond motifs is 2. The second kappa shape index (κ2) is 7.14. The van der Waals surface area contributed by atoms with Gasteiger partial charge < -0.3 is 0 Å². The van der Waals surface area contributed by atoms with Crippen LogP contribution in [0.1, 0.15) is 52.7 Å². The number of rotatable bonds is 1. The SMILES string of the molecule is [B]c1cc2c(-c3cc4c(cc3Br)C(C)(C)C(C)(C)C4(C)C)c([B])c([B])c([B])c2c([B])c1[B]. The molecule has 1 aliphatic carbocycles. The number of hydrogen-bond acceptors (Lipinski definition) is 0. The van der Waals surface area contributed by atoms with Crippen LogP contribution in [0.3, 0.4) is 0 Å². The molecule has 0 nitrogen and oxygen atoms in total. The van der Waals surface area contributed by atoms with Crippen LogP contribution in [0.15, 0.2) is 22.7 Å². The maximum absolute atomic E-state index is 6.57. The van der Waals surface area contributed by atoms with E-state index in [4.69, 9.17) is 47.1 Å². The van der Waals surface area contributed by atoms with Gasteiger partial charge in [-0.25, -0.2) is 0 Å². The molecule has 0 aliphatic heterocycles. The monoisotopic (exact) mass is 466 g/mol. The third-order valence-corrected chi connectivity index (χ3v) is 9.33. The first kappa shape index (κ1) is 23.9. The normalized spacial score (nSPS) is 18.1. The lowest BCUT2D eigenvalue weighted by atomic mass is 9.59.